The molecule has 1 nitrogen and oxygen atoms in total. The molecule has 0 unspecified atom stereocenters. The fourth-order valence-corrected chi connectivity index (χ4v) is 3.14. The molecule has 1 aromatic rings. The van der Waals surface area contributed by atoms with E-state index in [4.69, 9.17) is 4.74 Å². The lowest BCUT2D eigenvalue weighted by Gasteiger charge is -2.37. The minimum atomic E-state index is 0.0623. The highest BCUT2D eigenvalue weighted by Crippen LogP contribution is 2.44. The maximum absolute atomic E-state index is 6.46. The zero-order valence-electron chi connectivity index (χ0n) is 14.7. The number of unbranched alkanes of at least 4 members (excludes halogenated alkanes) is 1. The van der Waals surface area contributed by atoms with E-state index in [1.54, 1.807) is 0 Å². The summed E-state index contributed by atoms with van der Waals surface area (Å²) in [6, 6.07) is 10.6. The van der Waals surface area contributed by atoms with Crippen molar-refractivity contribution in [1.82, 2.24) is 0 Å². The Morgan fingerprint density at radius 3 is 2.36 bits per heavy atom. The predicted molar refractivity (Wildman–Crippen MR) is 94.9 cm³/mol. The third kappa shape index (κ3) is 3.89. The van der Waals surface area contributed by atoms with Gasteiger partial charge in [0, 0.05) is 0 Å². The molecule has 0 saturated carbocycles. The van der Waals surface area contributed by atoms with Crippen molar-refractivity contribution < 1.29 is 4.74 Å². The number of ether oxygens (including phenoxy) is 1. The highest BCUT2D eigenvalue weighted by atomic mass is 16.5. The van der Waals surface area contributed by atoms with E-state index in [1.807, 2.05) is 0 Å². The van der Waals surface area contributed by atoms with Crippen LogP contribution in [0, 0.1) is 5.41 Å². The van der Waals surface area contributed by atoms with Crippen molar-refractivity contribution in [2.24, 2.45) is 5.41 Å². The first-order valence-electron chi connectivity index (χ1n) is 8.56. The van der Waals surface area contributed by atoms with Crippen LogP contribution in [0.25, 0.3) is 0 Å². The Labute approximate surface area is 136 Å². The summed E-state index contributed by atoms with van der Waals surface area (Å²) in [6.45, 7) is 11.3. The predicted octanol–water partition coefficient (Wildman–Crippen LogP) is 6.24. The molecule has 0 bridgehead atoms. The van der Waals surface area contributed by atoms with E-state index in [0.717, 1.165) is 6.42 Å². The first-order valence-corrected chi connectivity index (χ1v) is 8.56. The second kappa shape index (κ2) is 7.28. The standard InChI is InChI=1S/C21H30O/c1-6-8-14-17-15-19(21(3,4)5)18(7-2)20(22-17)16-12-10-9-11-13-16/h7,9-13,15,17,20H,6,8,14H2,1-5H3/b18-7+/t17-,20+/m0/s1. The van der Waals surface area contributed by atoms with Gasteiger partial charge in [0.1, 0.15) is 6.10 Å². The maximum atomic E-state index is 6.46. The molecule has 2 rings (SSSR count). The lowest BCUT2D eigenvalue weighted by molar-refractivity contribution is 0.0187. The van der Waals surface area contributed by atoms with E-state index in [2.05, 4.69) is 77.1 Å². The van der Waals surface area contributed by atoms with Gasteiger partial charge in [-0.15, -0.1) is 0 Å². The molecule has 0 amide bonds. The SMILES string of the molecule is C/C=C1\C(C(C)(C)C)=C[C@H](CCCC)O[C@@H]1c1ccccc1. The molecule has 0 fully saturated rings. The molecule has 0 spiro atoms. The highest BCUT2D eigenvalue weighted by Gasteiger charge is 2.33. The van der Waals surface area contributed by atoms with Gasteiger partial charge in [-0.3, -0.25) is 0 Å². The fourth-order valence-electron chi connectivity index (χ4n) is 3.14. The van der Waals surface area contributed by atoms with Crippen molar-refractivity contribution in [3.63, 3.8) is 0 Å². The first kappa shape index (κ1) is 17.0. The molecule has 2 atom stereocenters. The molecular weight excluding hydrogens is 268 g/mol. The molecule has 1 heteroatoms. The normalized spacial score (nSPS) is 24.4. The third-order valence-corrected chi connectivity index (χ3v) is 4.32. The number of benzene rings is 1. The molecule has 0 N–H and O–H groups in total. The minimum absolute atomic E-state index is 0.0623. The monoisotopic (exact) mass is 298 g/mol. The largest absolute Gasteiger partial charge is 0.361 e. The summed E-state index contributed by atoms with van der Waals surface area (Å²) in [5, 5.41) is 0. The van der Waals surface area contributed by atoms with Crippen LogP contribution in [-0.2, 0) is 4.74 Å². The Hall–Kier alpha value is -1.34. The van der Waals surface area contributed by atoms with Crippen LogP contribution >= 0.6 is 0 Å². The summed E-state index contributed by atoms with van der Waals surface area (Å²) in [5.74, 6) is 0. The van der Waals surface area contributed by atoms with Crippen molar-refractivity contribution in [1.29, 1.82) is 0 Å². The van der Waals surface area contributed by atoms with Crippen LogP contribution in [-0.4, -0.2) is 6.10 Å². The minimum Gasteiger partial charge on any atom is -0.361 e. The molecular formula is C21H30O. The van der Waals surface area contributed by atoms with Gasteiger partial charge in [-0.1, -0.05) is 83.0 Å². The van der Waals surface area contributed by atoms with Crippen molar-refractivity contribution in [2.45, 2.75) is 66.1 Å². The van der Waals surface area contributed by atoms with Gasteiger partial charge in [0.05, 0.1) is 6.10 Å². The van der Waals surface area contributed by atoms with Crippen molar-refractivity contribution >= 4 is 0 Å². The van der Waals surface area contributed by atoms with Gasteiger partial charge in [0.15, 0.2) is 0 Å². The number of rotatable bonds is 4. The van der Waals surface area contributed by atoms with Crippen LogP contribution in [0.15, 0.2) is 53.6 Å². The van der Waals surface area contributed by atoms with Crippen LogP contribution in [0.2, 0.25) is 0 Å². The molecule has 1 aliphatic rings. The average Bonchev–Trinajstić information content (AvgIpc) is 2.52. The lowest BCUT2D eigenvalue weighted by atomic mass is 9.76. The Morgan fingerprint density at radius 2 is 1.82 bits per heavy atom. The topological polar surface area (TPSA) is 9.23 Å². The van der Waals surface area contributed by atoms with Crippen LogP contribution in [0.3, 0.4) is 0 Å². The number of hydrogen-bond acceptors (Lipinski definition) is 1. The average molecular weight is 298 g/mol. The summed E-state index contributed by atoms with van der Waals surface area (Å²) in [7, 11) is 0. The zero-order chi connectivity index (χ0) is 16.2. The Balaban J connectivity index is 2.40. The fraction of sp³-hybridized carbons (Fsp3) is 0.524. The summed E-state index contributed by atoms with van der Waals surface area (Å²) >= 11 is 0. The van der Waals surface area contributed by atoms with Gasteiger partial charge in [0.2, 0.25) is 0 Å². The Bertz CT molecular complexity index is 531. The van der Waals surface area contributed by atoms with Gasteiger partial charge < -0.3 is 4.74 Å². The van der Waals surface area contributed by atoms with E-state index < -0.39 is 0 Å². The van der Waals surface area contributed by atoms with Gasteiger partial charge in [0.25, 0.3) is 0 Å². The molecule has 0 radical (unpaired) electrons. The van der Waals surface area contributed by atoms with Gasteiger partial charge in [-0.25, -0.2) is 0 Å². The van der Waals surface area contributed by atoms with Crippen LogP contribution < -0.4 is 0 Å². The second-order valence-corrected chi connectivity index (χ2v) is 7.18. The molecule has 22 heavy (non-hydrogen) atoms. The number of hydrogen-bond donors (Lipinski definition) is 0. The van der Waals surface area contributed by atoms with E-state index in [1.165, 1.54) is 29.6 Å². The highest BCUT2D eigenvalue weighted by molar-refractivity contribution is 5.44. The molecule has 0 saturated heterocycles. The Kier molecular flexibility index (Phi) is 5.63. The first-order chi connectivity index (χ1) is 10.5. The van der Waals surface area contributed by atoms with Crippen LogP contribution in [0.4, 0.5) is 0 Å². The van der Waals surface area contributed by atoms with Crippen LogP contribution in [0.5, 0.6) is 0 Å². The smallest absolute Gasteiger partial charge is 0.108 e. The second-order valence-electron chi connectivity index (χ2n) is 7.18. The van der Waals surface area contributed by atoms with Gasteiger partial charge in [-0.2, -0.15) is 0 Å². The molecule has 0 aliphatic carbocycles. The van der Waals surface area contributed by atoms with Gasteiger partial charge in [-0.05, 0) is 35.5 Å². The van der Waals surface area contributed by atoms with Gasteiger partial charge >= 0.3 is 0 Å². The summed E-state index contributed by atoms with van der Waals surface area (Å²) < 4.78 is 6.46. The molecule has 120 valence electrons. The van der Waals surface area contributed by atoms with E-state index in [0.29, 0.717) is 0 Å². The molecule has 1 aromatic carbocycles. The Morgan fingerprint density at radius 1 is 1.14 bits per heavy atom. The van der Waals surface area contributed by atoms with Crippen molar-refractivity contribution in [2.75, 3.05) is 0 Å². The molecule has 0 aromatic heterocycles. The summed E-state index contributed by atoms with van der Waals surface area (Å²) in [5.41, 5.74) is 4.16. The van der Waals surface area contributed by atoms with Crippen LogP contribution in [0.1, 0.15) is 65.5 Å². The quantitative estimate of drug-likeness (QED) is 0.639. The maximum Gasteiger partial charge on any atom is 0.108 e. The summed E-state index contributed by atoms with van der Waals surface area (Å²) in [6.07, 6.45) is 8.41. The van der Waals surface area contributed by atoms with E-state index in [-0.39, 0.29) is 17.6 Å². The number of allylic oxidation sites excluding steroid dienone is 1. The van der Waals surface area contributed by atoms with E-state index >= 15 is 0 Å². The molecule has 1 aliphatic heterocycles. The van der Waals surface area contributed by atoms with Crippen molar-refractivity contribution in [3.8, 4) is 0 Å². The van der Waals surface area contributed by atoms with Crippen molar-refractivity contribution in [3.05, 3.63) is 59.2 Å². The summed E-state index contributed by atoms with van der Waals surface area (Å²) in [4.78, 5) is 0. The third-order valence-electron chi connectivity index (χ3n) is 4.32. The van der Waals surface area contributed by atoms with E-state index in [9.17, 15) is 0 Å². The lowest BCUT2D eigenvalue weighted by Crippen LogP contribution is -2.28. The zero-order valence-corrected chi connectivity index (χ0v) is 14.7. The molecule has 1 heterocycles.